The molecule has 0 radical (unpaired) electrons. The van der Waals surface area contributed by atoms with Crippen molar-refractivity contribution < 1.29 is 19.1 Å². The summed E-state index contributed by atoms with van der Waals surface area (Å²) in [6, 6.07) is -0.00346. The van der Waals surface area contributed by atoms with E-state index in [0.29, 0.717) is 16.3 Å². The van der Waals surface area contributed by atoms with Gasteiger partial charge in [-0.25, -0.2) is 4.79 Å². The smallest absolute Gasteiger partial charge is 0.343 e. The molecular formula is C13H20N4O4S. The van der Waals surface area contributed by atoms with Crippen molar-refractivity contribution in [3.8, 4) is 0 Å². The zero-order valence-electron chi connectivity index (χ0n) is 13.0. The SMILES string of the molecule is CNc1snc(C)c1C(=O)OCC(=O)NCC(=O)NC(C)C. The summed E-state index contributed by atoms with van der Waals surface area (Å²) in [5.74, 6) is -1.47. The van der Waals surface area contributed by atoms with E-state index in [1.54, 1.807) is 14.0 Å². The van der Waals surface area contributed by atoms with Crippen molar-refractivity contribution >= 4 is 34.3 Å². The van der Waals surface area contributed by atoms with Crippen molar-refractivity contribution in [2.75, 3.05) is 25.5 Å². The van der Waals surface area contributed by atoms with Crippen LogP contribution in [0.2, 0.25) is 0 Å². The molecule has 3 N–H and O–H groups in total. The molecule has 0 aliphatic carbocycles. The van der Waals surface area contributed by atoms with E-state index in [4.69, 9.17) is 4.74 Å². The van der Waals surface area contributed by atoms with Crippen molar-refractivity contribution in [2.24, 2.45) is 0 Å². The van der Waals surface area contributed by atoms with Crippen molar-refractivity contribution in [2.45, 2.75) is 26.8 Å². The van der Waals surface area contributed by atoms with Crippen LogP contribution < -0.4 is 16.0 Å². The fraction of sp³-hybridized carbons (Fsp3) is 0.538. The Morgan fingerprint density at radius 3 is 2.55 bits per heavy atom. The number of hydrogen-bond donors (Lipinski definition) is 3. The Hall–Kier alpha value is -2.16. The number of anilines is 1. The van der Waals surface area contributed by atoms with Crippen LogP contribution in [0.15, 0.2) is 0 Å². The Morgan fingerprint density at radius 2 is 1.95 bits per heavy atom. The van der Waals surface area contributed by atoms with Gasteiger partial charge in [0.25, 0.3) is 5.91 Å². The van der Waals surface area contributed by atoms with Gasteiger partial charge < -0.3 is 20.7 Å². The van der Waals surface area contributed by atoms with E-state index in [1.807, 2.05) is 13.8 Å². The van der Waals surface area contributed by atoms with Crippen LogP contribution in [-0.2, 0) is 14.3 Å². The number of amides is 2. The molecule has 9 heteroatoms. The summed E-state index contributed by atoms with van der Waals surface area (Å²) < 4.78 is 8.98. The third-order valence-corrected chi connectivity index (χ3v) is 3.48. The Morgan fingerprint density at radius 1 is 1.27 bits per heavy atom. The molecule has 0 fully saturated rings. The number of aryl methyl sites for hydroxylation is 1. The van der Waals surface area contributed by atoms with Gasteiger partial charge in [-0.05, 0) is 32.3 Å². The zero-order valence-corrected chi connectivity index (χ0v) is 13.8. The number of esters is 1. The van der Waals surface area contributed by atoms with Crippen LogP contribution in [-0.4, -0.2) is 48.4 Å². The highest BCUT2D eigenvalue weighted by Crippen LogP contribution is 2.24. The molecule has 0 aliphatic rings. The summed E-state index contributed by atoms with van der Waals surface area (Å²) in [6.07, 6.45) is 0. The maximum absolute atomic E-state index is 11.9. The highest BCUT2D eigenvalue weighted by molar-refractivity contribution is 7.10. The van der Waals surface area contributed by atoms with Crippen LogP contribution in [0.3, 0.4) is 0 Å². The van der Waals surface area contributed by atoms with Crippen LogP contribution in [0, 0.1) is 6.92 Å². The second-order valence-electron chi connectivity index (χ2n) is 4.80. The van der Waals surface area contributed by atoms with Gasteiger partial charge >= 0.3 is 5.97 Å². The third-order valence-electron chi connectivity index (χ3n) is 2.52. The molecule has 0 aliphatic heterocycles. The topological polar surface area (TPSA) is 109 Å². The Balaban J connectivity index is 2.42. The largest absolute Gasteiger partial charge is 0.452 e. The van der Waals surface area contributed by atoms with Crippen LogP contribution in [0.25, 0.3) is 0 Å². The average Bonchev–Trinajstić information content (AvgIpc) is 2.82. The van der Waals surface area contributed by atoms with E-state index in [0.717, 1.165) is 11.5 Å². The van der Waals surface area contributed by atoms with Crippen LogP contribution >= 0.6 is 11.5 Å². The number of carbonyl (C=O) groups is 3. The van der Waals surface area contributed by atoms with E-state index in [-0.39, 0.29) is 18.5 Å². The normalized spacial score (nSPS) is 10.2. The molecule has 2 amide bonds. The molecule has 0 bridgehead atoms. The summed E-state index contributed by atoms with van der Waals surface area (Å²) >= 11 is 1.14. The average molecular weight is 328 g/mol. The second kappa shape index (κ2) is 8.32. The molecule has 122 valence electrons. The van der Waals surface area contributed by atoms with Gasteiger partial charge in [0.1, 0.15) is 10.6 Å². The zero-order chi connectivity index (χ0) is 16.7. The minimum Gasteiger partial charge on any atom is -0.452 e. The molecule has 22 heavy (non-hydrogen) atoms. The first kappa shape index (κ1) is 17.9. The Bertz CT molecular complexity index is 556. The molecule has 1 rings (SSSR count). The lowest BCUT2D eigenvalue weighted by molar-refractivity contribution is -0.128. The summed E-state index contributed by atoms with van der Waals surface area (Å²) in [6.45, 7) is 4.71. The first-order chi connectivity index (χ1) is 10.3. The minimum absolute atomic E-state index is 0.00346. The van der Waals surface area contributed by atoms with Gasteiger partial charge in [0, 0.05) is 13.1 Å². The quantitative estimate of drug-likeness (QED) is 0.621. The number of nitrogens with zero attached hydrogens (tertiary/aromatic N) is 1. The van der Waals surface area contributed by atoms with Crippen molar-refractivity contribution in [3.63, 3.8) is 0 Å². The first-order valence-corrected chi connectivity index (χ1v) is 7.49. The molecule has 0 unspecified atom stereocenters. The molecule has 0 atom stereocenters. The van der Waals surface area contributed by atoms with Gasteiger partial charge in [-0.15, -0.1) is 0 Å². The van der Waals surface area contributed by atoms with E-state index in [9.17, 15) is 14.4 Å². The molecule has 1 heterocycles. The number of carbonyl (C=O) groups excluding carboxylic acids is 3. The highest BCUT2D eigenvalue weighted by atomic mass is 32.1. The summed E-state index contributed by atoms with van der Waals surface area (Å²) in [4.78, 5) is 34.9. The molecule has 8 nitrogen and oxygen atoms in total. The first-order valence-electron chi connectivity index (χ1n) is 6.72. The molecule has 1 aromatic rings. The molecule has 1 aromatic heterocycles. The van der Waals surface area contributed by atoms with E-state index in [1.165, 1.54) is 0 Å². The van der Waals surface area contributed by atoms with Gasteiger partial charge in [-0.1, -0.05) is 0 Å². The second-order valence-corrected chi connectivity index (χ2v) is 5.57. The maximum Gasteiger partial charge on any atom is 0.343 e. The standard InChI is InChI=1S/C13H20N4O4S/c1-7(2)16-9(18)5-15-10(19)6-21-13(20)11-8(3)17-22-12(11)14-4/h7,14H,5-6H2,1-4H3,(H,15,19)(H,16,18). The van der Waals surface area contributed by atoms with E-state index < -0.39 is 18.5 Å². The summed E-state index contributed by atoms with van der Waals surface area (Å²) in [5, 5.41) is 8.43. The number of rotatable bonds is 7. The third kappa shape index (κ3) is 5.32. The minimum atomic E-state index is -0.627. The Kier molecular flexibility index (Phi) is 6.77. The fourth-order valence-electron chi connectivity index (χ4n) is 1.59. The van der Waals surface area contributed by atoms with Gasteiger partial charge in [-0.2, -0.15) is 4.37 Å². The molecular weight excluding hydrogens is 308 g/mol. The van der Waals surface area contributed by atoms with Crippen LogP contribution in [0.4, 0.5) is 5.00 Å². The number of ether oxygens (including phenoxy) is 1. The van der Waals surface area contributed by atoms with E-state index in [2.05, 4.69) is 20.3 Å². The molecule has 0 saturated carbocycles. The van der Waals surface area contributed by atoms with Gasteiger partial charge in [0.15, 0.2) is 6.61 Å². The number of nitrogens with one attached hydrogen (secondary N) is 3. The van der Waals surface area contributed by atoms with Crippen molar-refractivity contribution in [1.82, 2.24) is 15.0 Å². The predicted molar refractivity (Wildman–Crippen MR) is 83.0 cm³/mol. The van der Waals surface area contributed by atoms with Crippen molar-refractivity contribution in [3.05, 3.63) is 11.3 Å². The van der Waals surface area contributed by atoms with Gasteiger partial charge in [-0.3, -0.25) is 9.59 Å². The van der Waals surface area contributed by atoms with E-state index >= 15 is 0 Å². The lowest BCUT2D eigenvalue weighted by atomic mass is 10.2. The molecule has 0 aromatic carbocycles. The summed E-state index contributed by atoms with van der Waals surface area (Å²) in [5.41, 5.74) is 0.855. The Labute approximate surface area is 132 Å². The maximum atomic E-state index is 11.9. The summed E-state index contributed by atoms with van der Waals surface area (Å²) in [7, 11) is 1.67. The fourth-order valence-corrected chi connectivity index (χ4v) is 2.32. The van der Waals surface area contributed by atoms with Crippen molar-refractivity contribution in [1.29, 1.82) is 0 Å². The van der Waals surface area contributed by atoms with Gasteiger partial charge in [0.2, 0.25) is 5.91 Å². The number of hydrogen-bond acceptors (Lipinski definition) is 7. The van der Waals surface area contributed by atoms with Crippen LogP contribution in [0.5, 0.6) is 0 Å². The highest BCUT2D eigenvalue weighted by Gasteiger charge is 2.20. The molecule has 0 spiro atoms. The predicted octanol–water partition coefficient (Wildman–Crippen LogP) is 0.291. The lowest BCUT2D eigenvalue weighted by Crippen LogP contribution is -2.41. The monoisotopic (exact) mass is 328 g/mol. The molecule has 0 saturated heterocycles. The van der Waals surface area contributed by atoms with Gasteiger partial charge in [0.05, 0.1) is 12.2 Å². The lowest BCUT2D eigenvalue weighted by Gasteiger charge is -2.09. The van der Waals surface area contributed by atoms with Crippen LogP contribution in [0.1, 0.15) is 29.9 Å². The number of aromatic nitrogens is 1.